The Balaban J connectivity index is 1.89. The smallest absolute Gasteiger partial charge is 0.199 e. The Bertz CT molecular complexity index is 939. The molecule has 0 spiro atoms. The van der Waals surface area contributed by atoms with Gasteiger partial charge in [0, 0.05) is 45.0 Å². The fourth-order valence-corrected chi connectivity index (χ4v) is 4.51. The van der Waals surface area contributed by atoms with Crippen molar-refractivity contribution in [2.45, 2.75) is 85.6 Å². The molecule has 0 saturated heterocycles. The summed E-state index contributed by atoms with van der Waals surface area (Å²) in [4.78, 5) is 0. The predicted molar refractivity (Wildman–Crippen MR) is 159 cm³/mol. The molecule has 3 atom stereocenters. The Hall–Kier alpha value is -3.06. The molecule has 0 amide bonds. The van der Waals surface area contributed by atoms with Gasteiger partial charge in [0.1, 0.15) is 17.2 Å². The number of ether oxygens (including phenoxy) is 6. The van der Waals surface area contributed by atoms with Gasteiger partial charge < -0.3 is 28.4 Å². The molecular weight excluding hydrogens is 504 g/mol. The van der Waals surface area contributed by atoms with Gasteiger partial charge in [-0.3, -0.25) is 0 Å². The molecule has 3 aromatic carbocycles. The maximum atomic E-state index is 6.04. The van der Waals surface area contributed by atoms with Gasteiger partial charge in [-0.1, -0.05) is 57.2 Å². The molecule has 3 aromatic rings. The van der Waals surface area contributed by atoms with Crippen LogP contribution in [0.5, 0.6) is 17.2 Å². The highest BCUT2D eigenvalue weighted by Crippen LogP contribution is 2.35. The third-order valence-electron chi connectivity index (χ3n) is 6.50. The van der Waals surface area contributed by atoms with Gasteiger partial charge in [0.15, 0.2) is 18.9 Å². The summed E-state index contributed by atoms with van der Waals surface area (Å²) >= 11 is 0. The fourth-order valence-electron chi connectivity index (χ4n) is 4.51. The van der Waals surface area contributed by atoms with Gasteiger partial charge in [-0.25, -0.2) is 0 Å². The Kier molecular flexibility index (Phi) is 13.3. The Morgan fingerprint density at radius 1 is 0.400 bits per heavy atom. The van der Waals surface area contributed by atoms with Crippen molar-refractivity contribution < 1.29 is 28.4 Å². The van der Waals surface area contributed by atoms with E-state index in [0.29, 0.717) is 19.8 Å². The van der Waals surface area contributed by atoms with E-state index in [9.17, 15) is 0 Å². The first kappa shape index (κ1) is 31.5. The largest absolute Gasteiger partial charge is 0.465 e. The molecule has 40 heavy (non-hydrogen) atoms. The van der Waals surface area contributed by atoms with Gasteiger partial charge in [-0.2, -0.15) is 0 Å². The van der Waals surface area contributed by atoms with Crippen LogP contribution in [0, 0.1) is 0 Å². The third-order valence-corrected chi connectivity index (χ3v) is 6.50. The molecule has 0 fully saturated rings. The first-order chi connectivity index (χ1) is 19.5. The van der Waals surface area contributed by atoms with Crippen LogP contribution in [0.1, 0.15) is 83.4 Å². The summed E-state index contributed by atoms with van der Waals surface area (Å²) in [5, 5.41) is 0. The zero-order valence-electron chi connectivity index (χ0n) is 24.9. The first-order valence-electron chi connectivity index (χ1n) is 14.7. The van der Waals surface area contributed by atoms with E-state index in [-0.39, 0.29) is 24.8 Å². The van der Waals surface area contributed by atoms with Gasteiger partial charge in [0.25, 0.3) is 0 Å². The molecule has 6 heteroatoms. The zero-order chi connectivity index (χ0) is 28.7. The van der Waals surface area contributed by atoms with E-state index in [1.165, 1.54) is 0 Å². The van der Waals surface area contributed by atoms with Gasteiger partial charge in [-0.15, -0.1) is 0 Å². The SMILES string of the molecule is CCOC(CC)Oc1ccc(C(c2ccc(OC(CC)OCC)cc2)c2ccc(OC(CC)OCC)cc2)cc1. The monoisotopic (exact) mass is 550 g/mol. The zero-order valence-corrected chi connectivity index (χ0v) is 24.9. The van der Waals surface area contributed by atoms with Crippen LogP contribution in [0.2, 0.25) is 0 Å². The van der Waals surface area contributed by atoms with Crippen molar-refractivity contribution in [1.82, 2.24) is 0 Å². The molecule has 0 aliphatic heterocycles. The number of benzene rings is 3. The van der Waals surface area contributed by atoms with Gasteiger partial charge in [0.2, 0.25) is 0 Å². The summed E-state index contributed by atoms with van der Waals surface area (Å²) in [7, 11) is 0. The van der Waals surface area contributed by atoms with Crippen LogP contribution in [-0.2, 0) is 14.2 Å². The molecular formula is C34H46O6. The van der Waals surface area contributed by atoms with Crippen molar-refractivity contribution in [3.63, 3.8) is 0 Å². The third kappa shape index (κ3) is 9.26. The molecule has 6 nitrogen and oxygen atoms in total. The van der Waals surface area contributed by atoms with Gasteiger partial charge >= 0.3 is 0 Å². The normalized spacial score (nSPS) is 14.2. The van der Waals surface area contributed by atoms with Crippen molar-refractivity contribution in [3.8, 4) is 17.2 Å². The molecule has 0 N–H and O–H groups in total. The van der Waals surface area contributed by atoms with Crippen molar-refractivity contribution in [2.75, 3.05) is 19.8 Å². The maximum Gasteiger partial charge on any atom is 0.199 e. The number of hydrogen-bond acceptors (Lipinski definition) is 6. The van der Waals surface area contributed by atoms with Crippen LogP contribution in [0.15, 0.2) is 72.8 Å². The molecule has 0 bridgehead atoms. The second kappa shape index (κ2) is 16.9. The van der Waals surface area contributed by atoms with Crippen LogP contribution in [-0.4, -0.2) is 38.7 Å². The van der Waals surface area contributed by atoms with Crippen LogP contribution in [0.3, 0.4) is 0 Å². The lowest BCUT2D eigenvalue weighted by Gasteiger charge is -2.22. The summed E-state index contributed by atoms with van der Waals surface area (Å²) in [5.41, 5.74) is 3.46. The molecule has 0 saturated carbocycles. The second-order valence-electron chi connectivity index (χ2n) is 9.37. The first-order valence-corrected chi connectivity index (χ1v) is 14.7. The molecule has 0 aliphatic carbocycles. The quantitative estimate of drug-likeness (QED) is 0.117. The topological polar surface area (TPSA) is 55.4 Å². The standard InChI is InChI=1S/C34H46O6/c1-7-31(35-10-4)38-28-19-13-25(14-20-28)34(26-15-21-29(22-16-26)39-32(8-2)36-11-5)27-17-23-30(24-18-27)40-33(9-3)37-12-6/h13-24,31-34H,7-12H2,1-6H3. The van der Waals surface area contributed by atoms with E-state index in [0.717, 1.165) is 53.2 Å². The highest BCUT2D eigenvalue weighted by Gasteiger charge is 2.19. The maximum absolute atomic E-state index is 6.04. The molecule has 0 aliphatic rings. The van der Waals surface area contributed by atoms with E-state index in [1.54, 1.807) is 0 Å². The molecule has 0 heterocycles. The molecule has 0 aromatic heterocycles. The molecule has 3 rings (SSSR count). The lowest BCUT2D eigenvalue weighted by atomic mass is 9.85. The summed E-state index contributed by atoms with van der Waals surface area (Å²) in [6, 6.07) is 24.8. The van der Waals surface area contributed by atoms with Gasteiger partial charge in [0.05, 0.1) is 0 Å². The summed E-state index contributed by atoms with van der Waals surface area (Å²) < 4.78 is 35.1. The minimum atomic E-state index is -0.251. The fraction of sp³-hybridized carbons (Fsp3) is 0.471. The average Bonchev–Trinajstić information content (AvgIpc) is 2.99. The van der Waals surface area contributed by atoms with Gasteiger partial charge in [-0.05, 0) is 73.9 Å². The Morgan fingerprint density at radius 2 is 0.650 bits per heavy atom. The molecule has 0 radical (unpaired) electrons. The summed E-state index contributed by atoms with van der Waals surface area (Å²) in [6.45, 7) is 13.9. The lowest BCUT2D eigenvalue weighted by Crippen LogP contribution is -2.19. The highest BCUT2D eigenvalue weighted by atomic mass is 16.7. The highest BCUT2D eigenvalue weighted by molar-refractivity contribution is 5.46. The summed E-state index contributed by atoms with van der Waals surface area (Å²) in [6.07, 6.45) is 1.60. The minimum absolute atomic E-state index is 0.00809. The Morgan fingerprint density at radius 3 is 0.850 bits per heavy atom. The second-order valence-corrected chi connectivity index (χ2v) is 9.37. The van der Waals surface area contributed by atoms with E-state index in [2.05, 4.69) is 57.2 Å². The average molecular weight is 551 g/mol. The van der Waals surface area contributed by atoms with Crippen LogP contribution < -0.4 is 14.2 Å². The Labute approximate surface area is 240 Å². The van der Waals surface area contributed by atoms with E-state index < -0.39 is 0 Å². The lowest BCUT2D eigenvalue weighted by molar-refractivity contribution is -0.0769. The molecule has 218 valence electrons. The number of rotatable bonds is 18. The number of hydrogen-bond donors (Lipinski definition) is 0. The van der Waals surface area contributed by atoms with Crippen LogP contribution >= 0.6 is 0 Å². The predicted octanol–water partition coefficient (Wildman–Crippen LogP) is 8.32. The van der Waals surface area contributed by atoms with Crippen molar-refractivity contribution >= 4 is 0 Å². The summed E-state index contributed by atoms with van der Waals surface area (Å²) in [5.74, 6) is 2.38. The van der Waals surface area contributed by atoms with E-state index in [1.807, 2.05) is 57.2 Å². The van der Waals surface area contributed by atoms with Crippen molar-refractivity contribution in [3.05, 3.63) is 89.5 Å². The minimum Gasteiger partial charge on any atom is -0.465 e. The molecule has 3 unspecified atom stereocenters. The van der Waals surface area contributed by atoms with Crippen molar-refractivity contribution in [2.24, 2.45) is 0 Å². The van der Waals surface area contributed by atoms with Crippen molar-refractivity contribution in [1.29, 1.82) is 0 Å². The van der Waals surface area contributed by atoms with E-state index in [4.69, 9.17) is 28.4 Å². The van der Waals surface area contributed by atoms with E-state index >= 15 is 0 Å². The van der Waals surface area contributed by atoms with Crippen LogP contribution in [0.4, 0.5) is 0 Å². The van der Waals surface area contributed by atoms with Crippen LogP contribution in [0.25, 0.3) is 0 Å².